The monoisotopic (exact) mass is 233 g/mol. The van der Waals surface area contributed by atoms with Crippen LogP contribution in [0.4, 0.5) is 0 Å². The van der Waals surface area contributed by atoms with Gasteiger partial charge in [-0.15, -0.1) is 0 Å². The summed E-state index contributed by atoms with van der Waals surface area (Å²) in [5.74, 6) is 0.230. The summed E-state index contributed by atoms with van der Waals surface area (Å²) < 4.78 is 0. The largest absolute Gasteiger partial charge is 0.328 e. The van der Waals surface area contributed by atoms with E-state index in [-0.39, 0.29) is 11.8 Å². The van der Waals surface area contributed by atoms with Crippen LogP contribution in [0.2, 0.25) is 0 Å². The van der Waals surface area contributed by atoms with Crippen molar-refractivity contribution in [2.75, 3.05) is 0 Å². The van der Waals surface area contributed by atoms with Crippen molar-refractivity contribution in [2.24, 2.45) is 5.73 Å². The molecule has 0 radical (unpaired) electrons. The van der Waals surface area contributed by atoms with Crippen molar-refractivity contribution in [1.82, 2.24) is 0 Å². The Kier molecular flexibility index (Phi) is 5.92. The molecule has 1 unspecified atom stereocenters. The minimum Gasteiger partial charge on any atom is -0.328 e. The average Bonchev–Trinajstić information content (AvgIpc) is 2.30. The number of ketones is 1. The molecule has 0 amide bonds. The minimum atomic E-state index is 0.190. The Morgan fingerprint density at radius 3 is 2.47 bits per heavy atom. The predicted molar refractivity (Wildman–Crippen MR) is 72.3 cm³/mol. The van der Waals surface area contributed by atoms with Crippen molar-refractivity contribution in [3.8, 4) is 0 Å². The van der Waals surface area contributed by atoms with Gasteiger partial charge in [-0.05, 0) is 31.7 Å². The number of carbonyl (C=O) groups excluding carboxylic acids is 1. The number of benzene rings is 1. The molecule has 0 saturated heterocycles. The first kappa shape index (κ1) is 13.9. The standard InChI is InChI=1S/C15H23NO/c1-3-5-13-8-10-14(11-9-13)15(17)7-4-6-12(2)16/h8-12H,3-7,16H2,1-2H3. The van der Waals surface area contributed by atoms with Crippen molar-refractivity contribution < 1.29 is 4.79 Å². The van der Waals surface area contributed by atoms with E-state index in [0.717, 1.165) is 31.2 Å². The summed E-state index contributed by atoms with van der Waals surface area (Å²) in [6.45, 7) is 4.14. The Balaban J connectivity index is 2.46. The van der Waals surface area contributed by atoms with E-state index >= 15 is 0 Å². The van der Waals surface area contributed by atoms with Gasteiger partial charge in [-0.2, -0.15) is 0 Å². The molecular formula is C15H23NO. The number of rotatable bonds is 7. The van der Waals surface area contributed by atoms with Gasteiger partial charge in [-0.3, -0.25) is 4.79 Å². The van der Waals surface area contributed by atoms with Gasteiger partial charge < -0.3 is 5.73 Å². The summed E-state index contributed by atoms with van der Waals surface area (Å²) in [6.07, 6.45) is 4.63. The number of hydrogen-bond acceptors (Lipinski definition) is 2. The van der Waals surface area contributed by atoms with Crippen LogP contribution in [0.3, 0.4) is 0 Å². The van der Waals surface area contributed by atoms with Gasteiger partial charge in [0.05, 0.1) is 0 Å². The van der Waals surface area contributed by atoms with Crippen LogP contribution in [0, 0.1) is 0 Å². The lowest BCUT2D eigenvalue weighted by atomic mass is 10.0. The molecule has 2 N–H and O–H groups in total. The molecule has 0 aromatic heterocycles. The third-order valence-corrected chi connectivity index (χ3v) is 2.88. The highest BCUT2D eigenvalue weighted by Crippen LogP contribution is 2.11. The van der Waals surface area contributed by atoms with Crippen molar-refractivity contribution in [1.29, 1.82) is 0 Å². The minimum absolute atomic E-state index is 0.190. The lowest BCUT2D eigenvalue weighted by Gasteiger charge is -2.05. The van der Waals surface area contributed by atoms with Crippen LogP contribution in [-0.4, -0.2) is 11.8 Å². The van der Waals surface area contributed by atoms with Crippen molar-refractivity contribution in [2.45, 2.75) is 52.0 Å². The van der Waals surface area contributed by atoms with E-state index < -0.39 is 0 Å². The quantitative estimate of drug-likeness (QED) is 0.734. The molecule has 0 fully saturated rings. The first-order valence-electron chi connectivity index (χ1n) is 6.51. The number of aryl methyl sites for hydroxylation is 1. The third-order valence-electron chi connectivity index (χ3n) is 2.88. The Hall–Kier alpha value is -1.15. The fraction of sp³-hybridized carbons (Fsp3) is 0.533. The van der Waals surface area contributed by atoms with Gasteiger partial charge in [0, 0.05) is 18.0 Å². The summed E-state index contributed by atoms with van der Waals surface area (Å²) in [5.41, 5.74) is 7.79. The summed E-state index contributed by atoms with van der Waals surface area (Å²) >= 11 is 0. The zero-order chi connectivity index (χ0) is 12.7. The van der Waals surface area contributed by atoms with Crippen molar-refractivity contribution in [3.05, 3.63) is 35.4 Å². The van der Waals surface area contributed by atoms with Gasteiger partial charge >= 0.3 is 0 Å². The molecule has 0 aliphatic rings. The molecule has 1 aromatic rings. The Bertz CT molecular complexity index is 340. The van der Waals surface area contributed by atoms with Crippen LogP contribution >= 0.6 is 0 Å². The van der Waals surface area contributed by atoms with Gasteiger partial charge in [0.1, 0.15) is 0 Å². The fourth-order valence-corrected chi connectivity index (χ4v) is 1.87. The van der Waals surface area contributed by atoms with Gasteiger partial charge in [0.2, 0.25) is 0 Å². The first-order chi connectivity index (χ1) is 8.13. The summed E-state index contributed by atoms with van der Waals surface area (Å²) in [5, 5.41) is 0. The van der Waals surface area contributed by atoms with E-state index in [2.05, 4.69) is 19.1 Å². The van der Waals surface area contributed by atoms with Crippen LogP contribution in [0.5, 0.6) is 0 Å². The second-order valence-corrected chi connectivity index (χ2v) is 4.74. The molecule has 0 saturated carbocycles. The highest BCUT2D eigenvalue weighted by molar-refractivity contribution is 5.96. The Morgan fingerprint density at radius 1 is 1.29 bits per heavy atom. The highest BCUT2D eigenvalue weighted by Gasteiger charge is 2.06. The second-order valence-electron chi connectivity index (χ2n) is 4.74. The van der Waals surface area contributed by atoms with Gasteiger partial charge in [-0.1, -0.05) is 37.6 Å². The maximum absolute atomic E-state index is 11.9. The van der Waals surface area contributed by atoms with Crippen molar-refractivity contribution >= 4 is 5.78 Å². The van der Waals surface area contributed by atoms with E-state index in [1.165, 1.54) is 5.56 Å². The lowest BCUT2D eigenvalue weighted by molar-refractivity contribution is 0.0979. The maximum atomic E-state index is 11.9. The summed E-state index contributed by atoms with van der Waals surface area (Å²) in [4.78, 5) is 11.9. The highest BCUT2D eigenvalue weighted by atomic mass is 16.1. The number of hydrogen-bond donors (Lipinski definition) is 1. The molecule has 1 rings (SSSR count). The SMILES string of the molecule is CCCc1ccc(C(=O)CCCC(C)N)cc1. The summed E-state index contributed by atoms with van der Waals surface area (Å²) in [7, 11) is 0. The number of nitrogens with two attached hydrogens (primary N) is 1. The smallest absolute Gasteiger partial charge is 0.162 e. The van der Waals surface area contributed by atoms with E-state index in [9.17, 15) is 4.79 Å². The van der Waals surface area contributed by atoms with Crippen LogP contribution in [-0.2, 0) is 6.42 Å². The van der Waals surface area contributed by atoms with Crippen LogP contribution in [0.1, 0.15) is 55.5 Å². The maximum Gasteiger partial charge on any atom is 0.162 e. The zero-order valence-electron chi connectivity index (χ0n) is 10.9. The van der Waals surface area contributed by atoms with Gasteiger partial charge in [0.25, 0.3) is 0 Å². The Morgan fingerprint density at radius 2 is 1.94 bits per heavy atom. The topological polar surface area (TPSA) is 43.1 Å². The molecule has 0 aliphatic heterocycles. The predicted octanol–water partition coefficient (Wildman–Crippen LogP) is 3.34. The average molecular weight is 233 g/mol. The summed E-state index contributed by atoms with van der Waals surface area (Å²) in [6, 6.07) is 8.19. The number of carbonyl (C=O) groups is 1. The van der Waals surface area contributed by atoms with E-state index in [1.807, 2.05) is 19.1 Å². The molecular weight excluding hydrogens is 210 g/mol. The van der Waals surface area contributed by atoms with Crippen LogP contribution in [0.25, 0.3) is 0 Å². The second kappa shape index (κ2) is 7.23. The fourth-order valence-electron chi connectivity index (χ4n) is 1.87. The van der Waals surface area contributed by atoms with Crippen LogP contribution < -0.4 is 5.73 Å². The molecule has 0 aliphatic carbocycles. The molecule has 1 aromatic carbocycles. The molecule has 0 spiro atoms. The molecule has 2 heteroatoms. The molecule has 1 atom stereocenters. The molecule has 2 nitrogen and oxygen atoms in total. The first-order valence-corrected chi connectivity index (χ1v) is 6.51. The third kappa shape index (κ3) is 5.14. The van der Waals surface area contributed by atoms with E-state index in [1.54, 1.807) is 0 Å². The lowest BCUT2D eigenvalue weighted by Crippen LogP contribution is -2.14. The Labute approximate surface area is 104 Å². The van der Waals surface area contributed by atoms with Gasteiger partial charge in [0.15, 0.2) is 5.78 Å². The normalized spacial score (nSPS) is 12.4. The van der Waals surface area contributed by atoms with Crippen LogP contribution in [0.15, 0.2) is 24.3 Å². The molecule has 0 heterocycles. The van der Waals surface area contributed by atoms with Crippen molar-refractivity contribution in [3.63, 3.8) is 0 Å². The molecule has 0 bridgehead atoms. The number of Topliss-reactive ketones (excluding diaryl/α,β-unsaturated/α-hetero) is 1. The van der Waals surface area contributed by atoms with Gasteiger partial charge in [-0.25, -0.2) is 0 Å². The molecule has 94 valence electrons. The van der Waals surface area contributed by atoms with E-state index in [0.29, 0.717) is 6.42 Å². The van der Waals surface area contributed by atoms with E-state index in [4.69, 9.17) is 5.73 Å². The zero-order valence-corrected chi connectivity index (χ0v) is 10.9. The molecule has 17 heavy (non-hydrogen) atoms.